The Morgan fingerprint density at radius 1 is 1.29 bits per heavy atom. The molecule has 1 aliphatic rings. The van der Waals surface area contributed by atoms with Gasteiger partial charge in [-0.25, -0.2) is 5.43 Å². The van der Waals surface area contributed by atoms with E-state index in [0.717, 1.165) is 0 Å². The van der Waals surface area contributed by atoms with Gasteiger partial charge in [-0.05, 0) is 25.7 Å². The molecule has 0 aliphatic carbocycles. The van der Waals surface area contributed by atoms with E-state index < -0.39 is 24.1 Å². The molecule has 9 heteroatoms. The molecular weight excluding hydrogens is 316 g/mol. The average molecular weight is 342 g/mol. The van der Waals surface area contributed by atoms with Crippen LogP contribution in [0.25, 0.3) is 0 Å². The molecule has 1 heterocycles. The summed E-state index contributed by atoms with van der Waals surface area (Å²) in [4.78, 5) is 46.8. The van der Waals surface area contributed by atoms with Crippen LogP contribution in [0.2, 0.25) is 0 Å². The van der Waals surface area contributed by atoms with E-state index in [0.29, 0.717) is 19.4 Å². The number of rotatable bonds is 7. The molecule has 1 aliphatic heterocycles. The second kappa shape index (κ2) is 9.21. The topological polar surface area (TPSA) is 117 Å². The zero-order valence-electron chi connectivity index (χ0n) is 14.5. The molecule has 1 fully saturated rings. The molecule has 9 nitrogen and oxygen atoms in total. The average Bonchev–Trinajstić information content (AvgIpc) is 2.57. The van der Waals surface area contributed by atoms with E-state index >= 15 is 0 Å². The smallest absolute Gasteiger partial charge is 0.293 e. The van der Waals surface area contributed by atoms with Crippen LogP contribution >= 0.6 is 0 Å². The summed E-state index contributed by atoms with van der Waals surface area (Å²) in [7, 11) is 1.53. The van der Waals surface area contributed by atoms with E-state index in [2.05, 4.69) is 16.1 Å². The van der Waals surface area contributed by atoms with Crippen LogP contribution in [0.1, 0.15) is 33.6 Å². The highest BCUT2D eigenvalue weighted by Crippen LogP contribution is 2.10. The maximum Gasteiger partial charge on any atom is 0.293 e. The van der Waals surface area contributed by atoms with Gasteiger partial charge in [-0.2, -0.15) is 0 Å². The lowest BCUT2D eigenvalue weighted by molar-refractivity contribution is -0.150. The van der Waals surface area contributed by atoms with Gasteiger partial charge in [0, 0.05) is 13.6 Å². The molecule has 1 saturated heterocycles. The molecule has 0 aromatic carbocycles. The SMILES string of the molecule is CNC(=O)[C@@H]1CCCN(C(=O)[C@H](C)NC(=O)[C@@H](OC=O)C(C)C)N1. The molecule has 0 unspecified atom stereocenters. The minimum absolute atomic E-state index is 0.191. The number of hydrogen-bond acceptors (Lipinski definition) is 6. The van der Waals surface area contributed by atoms with Gasteiger partial charge in [-0.15, -0.1) is 0 Å². The van der Waals surface area contributed by atoms with Crippen molar-refractivity contribution in [2.24, 2.45) is 5.92 Å². The number of likely N-dealkylation sites (N-methyl/N-ethyl adjacent to an activating group) is 1. The van der Waals surface area contributed by atoms with Crippen molar-refractivity contribution in [1.82, 2.24) is 21.1 Å². The highest BCUT2D eigenvalue weighted by Gasteiger charge is 2.32. The maximum atomic E-state index is 12.4. The standard InChI is InChI=1S/C15H26N4O5/c1-9(2)12(24-8-20)14(22)17-10(3)15(23)19-7-5-6-11(18-19)13(21)16-4/h8-12,18H,5-7H2,1-4H3,(H,16,21)(H,17,22)/t10-,11-,12-/m0/s1. The van der Waals surface area contributed by atoms with E-state index in [-0.39, 0.29) is 24.2 Å². The lowest BCUT2D eigenvalue weighted by atomic mass is 10.1. The van der Waals surface area contributed by atoms with Gasteiger partial charge >= 0.3 is 0 Å². The highest BCUT2D eigenvalue weighted by molar-refractivity contribution is 5.90. The molecule has 24 heavy (non-hydrogen) atoms. The molecule has 0 aromatic heterocycles. The van der Waals surface area contributed by atoms with Crippen molar-refractivity contribution in [2.45, 2.75) is 51.8 Å². The van der Waals surface area contributed by atoms with Crippen LogP contribution in [0.3, 0.4) is 0 Å². The number of carbonyl (C=O) groups is 4. The van der Waals surface area contributed by atoms with Crippen molar-refractivity contribution in [2.75, 3.05) is 13.6 Å². The normalized spacial score (nSPS) is 20.0. The monoisotopic (exact) mass is 342 g/mol. The van der Waals surface area contributed by atoms with Crippen molar-refractivity contribution in [3.63, 3.8) is 0 Å². The van der Waals surface area contributed by atoms with E-state index in [9.17, 15) is 19.2 Å². The van der Waals surface area contributed by atoms with Crippen LogP contribution in [0, 0.1) is 5.92 Å². The van der Waals surface area contributed by atoms with Crippen molar-refractivity contribution in [3.05, 3.63) is 0 Å². The molecule has 1 rings (SSSR count). The van der Waals surface area contributed by atoms with Gasteiger partial charge in [-0.3, -0.25) is 24.2 Å². The fraction of sp³-hybridized carbons (Fsp3) is 0.733. The van der Waals surface area contributed by atoms with Crippen LogP contribution in [0.15, 0.2) is 0 Å². The molecule has 136 valence electrons. The van der Waals surface area contributed by atoms with E-state index in [1.165, 1.54) is 12.1 Å². The number of ether oxygens (including phenoxy) is 1. The summed E-state index contributed by atoms with van der Waals surface area (Å²) >= 11 is 0. The largest absolute Gasteiger partial charge is 0.454 e. The zero-order valence-corrected chi connectivity index (χ0v) is 14.5. The molecule has 0 bridgehead atoms. The number of amides is 3. The molecule has 0 spiro atoms. The third-order valence-electron chi connectivity index (χ3n) is 3.81. The summed E-state index contributed by atoms with van der Waals surface area (Å²) in [6.45, 7) is 5.69. The van der Waals surface area contributed by atoms with Crippen LogP contribution < -0.4 is 16.1 Å². The molecule has 3 atom stereocenters. The third-order valence-corrected chi connectivity index (χ3v) is 3.81. The lowest BCUT2D eigenvalue weighted by Gasteiger charge is -2.34. The van der Waals surface area contributed by atoms with Gasteiger partial charge in [0.25, 0.3) is 18.3 Å². The number of hydrazine groups is 1. The summed E-state index contributed by atoms with van der Waals surface area (Å²) in [6, 6.07) is -1.29. The van der Waals surface area contributed by atoms with E-state index in [1.807, 2.05) is 0 Å². The second-order valence-corrected chi connectivity index (χ2v) is 6.06. The molecule has 3 amide bonds. The van der Waals surface area contributed by atoms with E-state index in [4.69, 9.17) is 4.74 Å². The van der Waals surface area contributed by atoms with Gasteiger partial charge in [0.1, 0.15) is 12.1 Å². The Morgan fingerprint density at radius 2 is 1.96 bits per heavy atom. The summed E-state index contributed by atoms with van der Waals surface area (Å²) < 4.78 is 4.77. The fourth-order valence-electron chi connectivity index (χ4n) is 2.48. The molecular formula is C15H26N4O5. The Kier molecular flexibility index (Phi) is 7.63. The third kappa shape index (κ3) is 5.19. The number of nitrogens with zero attached hydrogens (tertiary/aromatic N) is 1. The van der Waals surface area contributed by atoms with Crippen molar-refractivity contribution >= 4 is 24.2 Å². The number of hydrogen-bond donors (Lipinski definition) is 3. The van der Waals surface area contributed by atoms with Gasteiger partial charge in [0.2, 0.25) is 5.91 Å². The Morgan fingerprint density at radius 3 is 2.50 bits per heavy atom. The predicted molar refractivity (Wildman–Crippen MR) is 85.3 cm³/mol. The Hall–Kier alpha value is -2.16. The first-order valence-corrected chi connectivity index (χ1v) is 8.00. The quantitative estimate of drug-likeness (QED) is 0.507. The molecule has 0 radical (unpaired) electrons. The molecule has 3 N–H and O–H groups in total. The molecule has 0 saturated carbocycles. The Labute approximate surface area is 141 Å². The minimum Gasteiger partial charge on any atom is -0.454 e. The Balaban J connectivity index is 2.64. The van der Waals surface area contributed by atoms with Crippen LogP contribution in [0.4, 0.5) is 0 Å². The highest BCUT2D eigenvalue weighted by atomic mass is 16.5. The first-order valence-electron chi connectivity index (χ1n) is 8.00. The summed E-state index contributed by atoms with van der Waals surface area (Å²) in [5, 5.41) is 6.43. The fourth-order valence-corrected chi connectivity index (χ4v) is 2.48. The van der Waals surface area contributed by atoms with Gasteiger partial charge in [-0.1, -0.05) is 13.8 Å². The number of nitrogens with one attached hydrogen (secondary N) is 3. The predicted octanol–water partition coefficient (Wildman–Crippen LogP) is -1.07. The van der Waals surface area contributed by atoms with Gasteiger partial charge < -0.3 is 15.4 Å². The van der Waals surface area contributed by atoms with Gasteiger partial charge in [0.15, 0.2) is 6.10 Å². The van der Waals surface area contributed by atoms with Crippen molar-refractivity contribution in [3.8, 4) is 0 Å². The maximum absolute atomic E-state index is 12.4. The Bertz CT molecular complexity index is 482. The van der Waals surface area contributed by atoms with Gasteiger partial charge in [0.05, 0.1) is 0 Å². The van der Waals surface area contributed by atoms with E-state index in [1.54, 1.807) is 20.8 Å². The van der Waals surface area contributed by atoms with Crippen molar-refractivity contribution in [1.29, 1.82) is 0 Å². The van der Waals surface area contributed by atoms with Crippen LogP contribution in [-0.2, 0) is 23.9 Å². The van der Waals surface area contributed by atoms with Crippen LogP contribution in [0.5, 0.6) is 0 Å². The first-order chi connectivity index (χ1) is 11.3. The summed E-state index contributed by atoms with van der Waals surface area (Å²) in [5.41, 5.74) is 2.87. The number of carbonyl (C=O) groups excluding carboxylic acids is 4. The summed E-state index contributed by atoms with van der Waals surface area (Å²) in [5.74, 6) is -1.30. The zero-order chi connectivity index (χ0) is 18.3. The van der Waals surface area contributed by atoms with Crippen molar-refractivity contribution < 1.29 is 23.9 Å². The van der Waals surface area contributed by atoms with Crippen LogP contribution in [-0.4, -0.2) is 61.0 Å². The lowest BCUT2D eigenvalue weighted by Crippen LogP contribution is -2.61. The molecule has 0 aromatic rings. The minimum atomic E-state index is -0.953. The summed E-state index contributed by atoms with van der Waals surface area (Å²) in [6.07, 6.45) is 0.360. The second-order valence-electron chi connectivity index (χ2n) is 6.06. The first kappa shape index (κ1) is 19.9.